The van der Waals surface area contributed by atoms with E-state index in [1.807, 2.05) is 11.9 Å². The Hall–Kier alpha value is -2.12. The minimum atomic E-state index is -1.04. The molecular weight excluding hydrogens is 300 g/mol. The molecule has 0 saturated carbocycles. The number of hydrogen-bond donors (Lipinski definition) is 2. The van der Waals surface area contributed by atoms with Gasteiger partial charge >= 0.3 is 5.97 Å². The van der Waals surface area contributed by atoms with Crippen molar-refractivity contribution < 1.29 is 24.2 Å². The summed E-state index contributed by atoms with van der Waals surface area (Å²) in [6.07, 6.45) is 0.248. The number of anilines is 2. The second-order valence-corrected chi connectivity index (χ2v) is 5.39. The predicted octanol–water partition coefficient (Wildman–Crippen LogP) is 1.58. The van der Waals surface area contributed by atoms with Gasteiger partial charge in [0.05, 0.1) is 37.2 Å². The molecule has 1 heterocycles. The number of benzene rings is 1. The van der Waals surface area contributed by atoms with Crippen LogP contribution in [0.5, 0.6) is 0 Å². The van der Waals surface area contributed by atoms with Crippen molar-refractivity contribution in [2.24, 2.45) is 0 Å². The van der Waals surface area contributed by atoms with E-state index in [9.17, 15) is 14.7 Å². The van der Waals surface area contributed by atoms with E-state index in [0.29, 0.717) is 44.2 Å². The number of rotatable bonds is 6. The number of nitrogens with zero attached hydrogens (tertiary/aromatic N) is 1. The first-order valence-electron chi connectivity index (χ1n) is 7.59. The molecule has 1 fully saturated rings. The van der Waals surface area contributed by atoms with Crippen molar-refractivity contribution in [3.05, 3.63) is 23.8 Å². The van der Waals surface area contributed by atoms with Gasteiger partial charge in [0.1, 0.15) is 0 Å². The zero-order chi connectivity index (χ0) is 16.8. The molecule has 126 valence electrons. The van der Waals surface area contributed by atoms with Gasteiger partial charge in [-0.3, -0.25) is 4.79 Å². The van der Waals surface area contributed by atoms with Crippen LogP contribution in [0, 0.1) is 0 Å². The molecule has 1 unspecified atom stereocenters. The van der Waals surface area contributed by atoms with E-state index >= 15 is 0 Å². The first-order valence-corrected chi connectivity index (χ1v) is 7.59. The van der Waals surface area contributed by atoms with E-state index in [1.165, 1.54) is 6.07 Å². The van der Waals surface area contributed by atoms with E-state index in [1.54, 1.807) is 19.1 Å². The molecule has 0 spiro atoms. The largest absolute Gasteiger partial charge is 0.478 e. The maximum absolute atomic E-state index is 11.5. The van der Waals surface area contributed by atoms with Gasteiger partial charge in [-0.05, 0) is 18.2 Å². The first kappa shape index (κ1) is 17.2. The summed E-state index contributed by atoms with van der Waals surface area (Å²) in [7, 11) is 1.81. The maximum atomic E-state index is 11.5. The molecule has 0 aromatic heterocycles. The second-order valence-electron chi connectivity index (χ2n) is 5.39. The lowest BCUT2D eigenvalue weighted by atomic mass is 10.1. The number of likely N-dealkylation sites (N-methyl/N-ethyl adjacent to an activating group) is 1. The summed E-state index contributed by atoms with van der Waals surface area (Å²) in [5.74, 6) is -1.20. The van der Waals surface area contributed by atoms with Crippen LogP contribution in [0.3, 0.4) is 0 Å². The Morgan fingerprint density at radius 1 is 1.39 bits per heavy atom. The fourth-order valence-electron chi connectivity index (χ4n) is 2.41. The number of nitrogens with one attached hydrogen (secondary N) is 1. The number of aromatic carboxylic acids is 1. The van der Waals surface area contributed by atoms with Crippen LogP contribution in [-0.2, 0) is 14.3 Å². The SMILES string of the molecule is CCC(=O)Nc1ccc(N(C)CC2COCCO2)c(C(=O)O)c1. The Morgan fingerprint density at radius 3 is 2.78 bits per heavy atom. The molecule has 1 amide bonds. The molecule has 2 N–H and O–H groups in total. The van der Waals surface area contributed by atoms with Gasteiger partial charge in [0.2, 0.25) is 5.91 Å². The van der Waals surface area contributed by atoms with Crippen molar-refractivity contribution in [2.75, 3.05) is 43.6 Å². The fraction of sp³-hybridized carbons (Fsp3) is 0.500. The standard InChI is InChI=1S/C16H22N2O5/c1-3-15(19)17-11-4-5-14(13(8-11)16(20)21)18(2)9-12-10-22-6-7-23-12/h4-5,8,12H,3,6-7,9-10H2,1-2H3,(H,17,19)(H,20,21). The van der Waals surface area contributed by atoms with Gasteiger partial charge < -0.3 is 24.8 Å². The molecule has 1 atom stereocenters. The van der Waals surface area contributed by atoms with Gasteiger partial charge in [-0.15, -0.1) is 0 Å². The molecule has 1 aliphatic rings. The minimum Gasteiger partial charge on any atom is -0.478 e. The summed E-state index contributed by atoms with van der Waals surface area (Å²) >= 11 is 0. The Labute approximate surface area is 135 Å². The molecule has 23 heavy (non-hydrogen) atoms. The van der Waals surface area contributed by atoms with Crippen LogP contribution in [0.1, 0.15) is 23.7 Å². The molecule has 0 bridgehead atoms. The highest BCUT2D eigenvalue weighted by molar-refractivity contribution is 5.98. The number of carbonyl (C=O) groups excluding carboxylic acids is 1. The van der Waals surface area contributed by atoms with Crippen LogP contribution in [-0.4, -0.2) is 56.5 Å². The number of carbonyl (C=O) groups is 2. The van der Waals surface area contributed by atoms with Gasteiger partial charge in [0.25, 0.3) is 0 Å². The third-order valence-corrected chi connectivity index (χ3v) is 3.61. The van der Waals surface area contributed by atoms with Crippen molar-refractivity contribution in [3.63, 3.8) is 0 Å². The van der Waals surface area contributed by atoms with Crippen LogP contribution < -0.4 is 10.2 Å². The van der Waals surface area contributed by atoms with Crippen LogP contribution in [0.4, 0.5) is 11.4 Å². The maximum Gasteiger partial charge on any atom is 0.337 e. The quantitative estimate of drug-likeness (QED) is 0.827. The van der Waals surface area contributed by atoms with Crippen LogP contribution in [0.15, 0.2) is 18.2 Å². The molecule has 1 aliphatic heterocycles. The molecule has 0 aliphatic carbocycles. The molecule has 1 aromatic rings. The molecular formula is C16H22N2O5. The Morgan fingerprint density at radius 2 is 2.17 bits per heavy atom. The summed E-state index contributed by atoms with van der Waals surface area (Å²) in [6, 6.07) is 4.86. The average molecular weight is 322 g/mol. The second kappa shape index (κ2) is 7.94. The van der Waals surface area contributed by atoms with Crippen molar-refractivity contribution in [2.45, 2.75) is 19.4 Å². The molecule has 7 heteroatoms. The summed E-state index contributed by atoms with van der Waals surface area (Å²) in [4.78, 5) is 24.8. The van der Waals surface area contributed by atoms with Gasteiger partial charge in [0.15, 0.2) is 0 Å². The van der Waals surface area contributed by atoms with Gasteiger partial charge in [-0.1, -0.05) is 6.92 Å². The number of ether oxygens (including phenoxy) is 2. The molecule has 1 saturated heterocycles. The first-order chi connectivity index (χ1) is 11.0. The number of carboxylic acid groups (broad SMARTS) is 1. The van der Waals surface area contributed by atoms with E-state index in [0.717, 1.165) is 0 Å². The highest BCUT2D eigenvalue weighted by Gasteiger charge is 2.20. The van der Waals surface area contributed by atoms with Crippen LogP contribution in [0.2, 0.25) is 0 Å². The zero-order valence-corrected chi connectivity index (χ0v) is 13.4. The number of amides is 1. The fourth-order valence-corrected chi connectivity index (χ4v) is 2.41. The van der Waals surface area contributed by atoms with Gasteiger partial charge in [0, 0.05) is 25.7 Å². The summed E-state index contributed by atoms with van der Waals surface area (Å²) in [6.45, 7) is 3.90. The predicted molar refractivity (Wildman–Crippen MR) is 86.2 cm³/mol. The van der Waals surface area contributed by atoms with Gasteiger partial charge in [-0.25, -0.2) is 4.79 Å². The molecule has 7 nitrogen and oxygen atoms in total. The van der Waals surface area contributed by atoms with Crippen molar-refractivity contribution >= 4 is 23.3 Å². The Balaban J connectivity index is 2.15. The lowest BCUT2D eigenvalue weighted by molar-refractivity contribution is -0.115. The lowest BCUT2D eigenvalue weighted by Crippen LogP contribution is -2.38. The van der Waals surface area contributed by atoms with Crippen molar-refractivity contribution in [3.8, 4) is 0 Å². The van der Waals surface area contributed by atoms with Gasteiger partial charge in [-0.2, -0.15) is 0 Å². The Bertz CT molecular complexity index is 570. The monoisotopic (exact) mass is 322 g/mol. The third kappa shape index (κ3) is 4.67. The van der Waals surface area contributed by atoms with E-state index < -0.39 is 5.97 Å². The third-order valence-electron chi connectivity index (χ3n) is 3.61. The summed E-state index contributed by atoms with van der Waals surface area (Å²) < 4.78 is 10.9. The molecule has 0 radical (unpaired) electrons. The molecule has 2 rings (SSSR count). The minimum absolute atomic E-state index is 0.0881. The highest BCUT2D eigenvalue weighted by atomic mass is 16.6. The van der Waals surface area contributed by atoms with Crippen molar-refractivity contribution in [1.29, 1.82) is 0 Å². The normalized spacial score (nSPS) is 17.6. The molecule has 1 aromatic carbocycles. The smallest absolute Gasteiger partial charge is 0.337 e. The summed E-state index contributed by atoms with van der Waals surface area (Å²) in [5, 5.41) is 12.1. The van der Waals surface area contributed by atoms with E-state index in [4.69, 9.17) is 9.47 Å². The lowest BCUT2D eigenvalue weighted by Gasteiger charge is -2.29. The highest BCUT2D eigenvalue weighted by Crippen LogP contribution is 2.24. The number of hydrogen-bond acceptors (Lipinski definition) is 5. The summed E-state index contributed by atoms with van der Waals surface area (Å²) in [5.41, 5.74) is 1.18. The van der Waals surface area contributed by atoms with Crippen molar-refractivity contribution in [1.82, 2.24) is 0 Å². The van der Waals surface area contributed by atoms with E-state index in [-0.39, 0.29) is 17.6 Å². The topological polar surface area (TPSA) is 88.1 Å². The average Bonchev–Trinajstić information content (AvgIpc) is 2.55. The Kier molecular flexibility index (Phi) is 5.95. The van der Waals surface area contributed by atoms with E-state index in [2.05, 4.69) is 5.32 Å². The number of carboxylic acids is 1. The zero-order valence-electron chi connectivity index (χ0n) is 13.4. The van der Waals surface area contributed by atoms with Crippen LogP contribution >= 0.6 is 0 Å². The van der Waals surface area contributed by atoms with Crippen LogP contribution in [0.25, 0.3) is 0 Å².